The second-order valence-electron chi connectivity index (χ2n) is 5.31. The van der Waals surface area contributed by atoms with E-state index in [1.807, 2.05) is 0 Å². The maximum Gasteiger partial charge on any atom is 0.258 e. The van der Waals surface area contributed by atoms with Crippen LogP contribution in [0.5, 0.6) is 5.75 Å². The van der Waals surface area contributed by atoms with E-state index in [1.54, 1.807) is 43.3 Å². The Morgan fingerprint density at radius 2 is 1.76 bits per heavy atom. The fraction of sp³-hybridized carbons (Fsp3) is 0.222. The summed E-state index contributed by atoms with van der Waals surface area (Å²) < 4.78 is 18.7. The summed E-state index contributed by atoms with van der Waals surface area (Å²) in [7, 11) is 0. The maximum atomic E-state index is 13.4. The number of aryl methyl sites for hydroxylation is 1. The van der Waals surface area contributed by atoms with Gasteiger partial charge in [-0.25, -0.2) is 4.39 Å². The van der Waals surface area contributed by atoms with Gasteiger partial charge in [0, 0.05) is 23.7 Å². The van der Waals surface area contributed by atoms with Gasteiger partial charge in [0.05, 0.1) is 0 Å². The first-order chi connectivity index (χ1) is 12.0. The van der Waals surface area contributed by atoms with Gasteiger partial charge >= 0.3 is 0 Å². The molecule has 0 aromatic heterocycles. The van der Waals surface area contributed by atoms with Crippen LogP contribution in [0.25, 0.3) is 0 Å². The molecule has 0 heterocycles. The Hall–Kier alpha value is -2.60. The van der Waals surface area contributed by atoms with Crippen LogP contribution in [-0.4, -0.2) is 31.5 Å². The van der Waals surface area contributed by atoms with Crippen LogP contribution >= 0.6 is 11.6 Å². The first-order valence-corrected chi connectivity index (χ1v) is 8.03. The van der Waals surface area contributed by atoms with Gasteiger partial charge in [0.25, 0.3) is 11.8 Å². The van der Waals surface area contributed by atoms with Crippen molar-refractivity contribution in [2.75, 3.05) is 19.7 Å². The van der Waals surface area contributed by atoms with Gasteiger partial charge in [-0.15, -0.1) is 0 Å². The number of hydrogen-bond donors (Lipinski definition) is 2. The molecule has 0 aliphatic rings. The lowest BCUT2D eigenvalue weighted by Crippen LogP contribution is -2.36. The molecule has 0 radical (unpaired) electrons. The molecule has 0 fully saturated rings. The van der Waals surface area contributed by atoms with E-state index in [4.69, 9.17) is 16.3 Å². The van der Waals surface area contributed by atoms with Crippen LogP contribution in [0.3, 0.4) is 0 Å². The predicted molar refractivity (Wildman–Crippen MR) is 93.4 cm³/mol. The highest BCUT2D eigenvalue weighted by Gasteiger charge is 2.08. The average molecular weight is 365 g/mol. The number of rotatable bonds is 7. The summed E-state index contributed by atoms with van der Waals surface area (Å²) in [5.74, 6) is -0.606. The Labute approximate surface area is 150 Å². The highest BCUT2D eigenvalue weighted by Crippen LogP contribution is 2.15. The third-order valence-electron chi connectivity index (χ3n) is 3.35. The SMILES string of the molecule is Cc1ccc(C(=O)NCCNC(=O)COc2ccc(Cl)cc2)cc1F. The smallest absolute Gasteiger partial charge is 0.258 e. The normalized spacial score (nSPS) is 10.2. The van der Waals surface area contributed by atoms with E-state index in [0.717, 1.165) is 0 Å². The fourth-order valence-corrected chi connectivity index (χ4v) is 2.07. The van der Waals surface area contributed by atoms with E-state index >= 15 is 0 Å². The summed E-state index contributed by atoms with van der Waals surface area (Å²) >= 11 is 5.75. The van der Waals surface area contributed by atoms with Gasteiger partial charge in [0.1, 0.15) is 11.6 Å². The largest absolute Gasteiger partial charge is 0.484 e. The third kappa shape index (κ3) is 6.08. The van der Waals surface area contributed by atoms with Crippen molar-refractivity contribution >= 4 is 23.4 Å². The van der Waals surface area contributed by atoms with Gasteiger partial charge in [0.2, 0.25) is 0 Å². The van der Waals surface area contributed by atoms with Crippen molar-refractivity contribution in [1.29, 1.82) is 0 Å². The molecule has 0 atom stereocenters. The standard InChI is InChI=1S/C18H18ClFN2O3/c1-12-2-3-13(10-16(12)20)18(24)22-9-8-21-17(23)11-25-15-6-4-14(19)5-7-15/h2-7,10H,8-9,11H2,1H3,(H,21,23)(H,22,24). The first kappa shape index (κ1) is 18.7. The predicted octanol–water partition coefficient (Wildman–Crippen LogP) is 2.71. The molecule has 25 heavy (non-hydrogen) atoms. The average Bonchev–Trinajstić information content (AvgIpc) is 2.60. The van der Waals surface area contributed by atoms with Crippen molar-refractivity contribution in [3.63, 3.8) is 0 Å². The number of ether oxygens (including phenoxy) is 1. The van der Waals surface area contributed by atoms with Gasteiger partial charge in [-0.1, -0.05) is 17.7 Å². The van der Waals surface area contributed by atoms with E-state index in [0.29, 0.717) is 16.3 Å². The maximum absolute atomic E-state index is 13.4. The van der Waals surface area contributed by atoms with E-state index in [9.17, 15) is 14.0 Å². The molecule has 2 amide bonds. The molecule has 0 bridgehead atoms. The van der Waals surface area contributed by atoms with Crippen LogP contribution in [0.1, 0.15) is 15.9 Å². The quantitative estimate of drug-likeness (QED) is 0.742. The first-order valence-electron chi connectivity index (χ1n) is 7.65. The van der Waals surface area contributed by atoms with Crippen molar-refractivity contribution in [2.24, 2.45) is 0 Å². The molecule has 0 saturated heterocycles. The topological polar surface area (TPSA) is 67.4 Å². The van der Waals surface area contributed by atoms with Crippen LogP contribution in [0.2, 0.25) is 5.02 Å². The molecule has 0 aliphatic carbocycles. The minimum absolute atomic E-state index is 0.140. The molecule has 2 rings (SSSR count). The molecule has 5 nitrogen and oxygen atoms in total. The van der Waals surface area contributed by atoms with Gasteiger partial charge in [-0.2, -0.15) is 0 Å². The minimum atomic E-state index is -0.430. The van der Waals surface area contributed by atoms with Crippen LogP contribution < -0.4 is 15.4 Å². The van der Waals surface area contributed by atoms with Gasteiger partial charge in [-0.3, -0.25) is 9.59 Å². The molecule has 132 valence electrons. The molecule has 0 aliphatic heterocycles. The van der Waals surface area contributed by atoms with Gasteiger partial charge < -0.3 is 15.4 Å². The van der Waals surface area contributed by atoms with Crippen LogP contribution in [0, 0.1) is 12.7 Å². The molecular formula is C18H18ClFN2O3. The summed E-state index contributed by atoms with van der Waals surface area (Å²) in [4.78, 5) is 23.5. The number of benzene rings is 2. The van der Waals surface area contributed by atoms with E-state index in [1.165, 1.54) is 6.07 Å². The summed E-state index contributed by atoms with van der Waals surface area (Å²) in [5.41, 5.74) is 0.713. The van der Waals surface area contributed by atoms with Crippen LogP contribution in [0.4, 0.5) is 4.39 Å². The van der Waals surface area contributed by atoms with Crippen molar-refractivity contribution in [2.45, 2.75) is 6.92 Å². The molecule has 0 spiro atoms. The second kappa shape index (κ2) is 9.03. The Bertz CT molecular complexity index is 750. The minimum Gasteiger partial charge on any atom is -0.484 e. The third-order valence-corrected chi connectivity index (χ3v) is 3.60. The Kier molecular flexibility index (Phi) is 6.77. The van der Waals surface area contributed by atoms with E-state index in [-0.39, 0.29) is 31.2 Å². The molecule has 2 N–H and O–H groups in total. The van der Waals surface area contributed by atoms with Gasteiger partial charge in [-0.05, 0) is 48.9 Å². The molecule has 0 unspecified atom stereocenters. The summed E-state index contributed by atoms with van der Waals surface area (Å²) in [6.45, 7) is 1.95. The molecular weight excluding hydrogens is 347 g/mol. The van der Waals surface area contributed by atoms with Crippen molar-refractivity contribution in [3.05, 3.63) is 64.4 Å². The molecule has 2 aromatic rings. The number of carbonyl (C=O) groups is 2. The summed E-state index contributed by atoms with van der Waals surface area (Å²) in [6, 6.07) is 10.9. The Morgan fingerprint density at radius 1 is 1.08 bits per heavy atom. The number of halogens is 2. The zero-order chi connectivity index (χ0) is 18.2. The van der Waals surface area contributed by atoms with Crippen molar-refractivity contribution in [3.8, 4) is 5.75 Å². The zero-order valence-corrected chi connectivity index (χ0v) is 14.4. The number of amides is 2. The Balaban J connectivity index is 1.66. The monoisotopic (exact) mass is 364 g/mol. The Morgan fingerprint density at radius 3 is 2.44 bits per heavy atom. The van der Waals surface area contributed by atoms with E-state index < -0.39 is 11.7 Å². The summed E-state index contributed by atoms with van der Waals surface area (Å²) in [6.07, 6.45) is 0. The number of carbonyl (C=O) groups excluding carboxylic acids is 2. The molecule has 2 aromatic carbocycles. The second-order valence-corrected chi connectivity index (χ2v) is 5.75. The fourth-order valence-electron chi connectivity index (χ4n) is 1.94. The van der Waals surface area contributed by atoms with Crippen LogP contribution in [0.15, 0.2) is 42.5 Å². The lowest BCUT2D eigenvalue weighted by Gasteiger charge is -2.09. The zero-order valence-electron chi connectivity index (χ0n) is 13.6. The molecule has 7 heteroatoms. The lowest BCUT2D eigenvalue weighted by atomic mass is 10.1. The lowest BCUT2D eigenvalue weighted by molar-refractivity contribution is -0.123. The highest BCUT2D eigenvalue weighted by atomic mass is 35.5. The van der Waals surface area contributed by atoms with E-state index in [2.05, 4.69) is 10.6 Å². The molecule has 0 saturated carbocycles. The van der Waals surface area contributed by atoms with Gasteiger partial charge in [0.15, 0.2) is 6.61 Å². The van der Waals surface area contributed by atoms with Crippen molar-refractivity contribution in [1.82, 2.24) is 10.6 Å². The number of hydrogen-bond acceptors (Lipinski definition) is 3. The van der Waals surface area contributed by atoms with Crippen molar-refractivity contribution < 1.29 is 18.7 Å². The highest BCUT2D eigenvalue weighted by molar-refractivity contribution is 6.30. The van der Waals surface area contributed by atoms with Crippen LogP contribution in [-0.2, 0) is 4.79 Å². The number of nitrogens with one attached hydrogen (secondary N) is 2. The summed E-state index contributed by atoms with van der Waals surface area (Å²) in [5, 5.41) is 5.80.